The van der Waals surface area contributed by atoms with Gasteiger partial charge in [0.2, 0.25) is 0 Å². The highest BCUT2D eigenvalue weighted by molar-refractivity contribution is 7.19. The number of nitrogens with zero attached hydrogens (tertiary/aromatic N) is 4. The fourth-order valence-electron chi connectivity index (χ4n) is 3.81. The number of ether oxygens (including phenoxy) is 1. The fourth-order valence-corrected chi connectivity index (χ4v) is 4.95. The van der Waals surface area contributed by atoms with Gasteiger partial charge in [0.25, 0.3) is 0 Å². The number of rotatable bonds is 5. The van der Waals surface area contributed by atoms with Crippen molar-refractivity contribution in [3.63, 3.8) is 0 Å². The summed E-state index contributed by atoms with van der Waals surface area (Å²) in [4.78, 5) is 24.9. The van der Waals surface area contributed by atoms with Crippen molar-refractivity contribution in [1.82, 2.24) is 9.97 Å². The molecule has 0 spiro atoms. The highest BCUT2D eigenvalue weighted by atomic mass is 32.1. The maximum Gasteiger partial charge on any atom is 0.350 e. The van der Waals surface area contributed by atoms with Crippen LogP contribution >= 0.6 is 11.3 Å². The van der Waals surface area contributed by atoms with Gasteiger partial charge in [-0.2, -0.15) is 5.06 Å². The van der Waals surface area contributed by atoms with E-state index in [1.54, 1.807) is 48.0 Å². The second-order valence-electron chi connectivity index (χ2n) is 8.17. The first-order chi connectivity index (χ1) is 17.1. The number of pyridine rings is 1. The number of nitrogens with one attached hydrogen (secondary N) is 1. The SMILES string of the molecule is Cc1ccc(NC(=O)N(O)c2cccc(-c3sc(N4CCOCC4)nc3-c3ccncc3)c2)cc1. The molecular formula is C26H25N5O3S. The molecule has 0 radical (unpaired) electrons. The van der Waals surface area contributed by atoms with Crippen LogP contribution in [0.15, 0.2) is 73.1 Å². The Hall–Kier alpha value is -3.79. The molecule has 0 saturated carbocycles. The molecule has 0 atom stereocenters. The van der Waals surface area contributed by atoms with Crippen molar-refractivity contribution in [1.29, 1.82) is 0 Å². The molecule has 3 heterocycles. The molecule has 1 saturated heterocycles. The molecule has 0 aliphatic carbocycles. The third-order valence-electron chi connectivity index (χ3n) is 5.70. The molecule has 2 aromatic carbocycles. The number of urea groups is 1. The molecule has 2 amide bonds. The lowest BCUT2D eigenvalue weighted by Gasteiger charge is -2.26. The zero-order valence-corrected chi connectivity index (χ0v) is 20.0. The van der Waals surface area contributed by atoms with Gasteiger partial charge in [-0.3, -0.25) is 10.2 Å². The van der Waals surface area contributed by atoms with Gasteiger partial charge in [-0.1, -0.05) is 41.2 Å². The summed E-state index contributed by atoms with van der Waals surface area (Å²) in [6.07, 6.45) is 3.49. The number of carbonyl (C=O) groups excluding carboxylic acids is 1. The normalized spacial score (nSPS) is 13.5. The van der Waals surface area contributed by atoms with Gasteiger partial charge in [0.1, 0.15) is 0 Å². The predicted molar refractivity (Wildman–Crippen MR) is 138 cm³/mol. The monoisotopic (exact) mass is 487 g/mol. The smallest absolute Gasteiger partial charge is 0.350 e. The van der Waals surface area contributed by atoms with Crippen LogP contribution in [-0.4, -0.2) is 47.5 Å². The summed E-state index contributed by atoms with van der Waals surface area (Å²) in [5, 5.41) is 14.9. The van der Waals surface area contributed by atoms with Crippen LogP contribution in [0.2, 0.25) is 0 Å². The van der Waals surface area contributed by atoms with E-state index in [0.29, 0.717) is 29.7 Å². The Balaban J connectivity index is 1.46. The Bertz CT molecular complexity index is 1300. The molecule has 8 nitrogen and oxygen atoms in total. The number of hydrogen-bond acceptors (Lipinski definition) is 7. The van der Waals surface area contributed by atoms with Crippen molar-refractivity contribution in [2.24, 2.45) is 0 Å². The van der Waals surface area contributed by atoms with Gasteiger partial charge in [-0.15, -0.1) is 0 Å². The molecule has 178 valence electrons. The average Bonchev–Trinajstić information content (AvgIpc) is 3.36. The number of thiazole rings is 1. The minimum atomic E-state index is -0.640. The van der Waals surface area contributed by atoms with Gasteiger partial charge in [0.05, 0.1) is 29.5 Å². The lowest BCUT2D eigenvalue weighted by molar-refractivity contribution is 0.122. The zero-order chi connectivity index (χ0) is 24.2. The highest BCUT2D eigenvalue weighted by Crippen LogP contribution is 2.41. The van der Waals surface area contributed by atoms with E-state index in [1.807, 2.05) is 43.3 Å². The molecule has 0 bridgehead atoms. The van der Waals surface area contributed by atoms with Crippen molar-refractivity contribution in [3.05, 3.63) is 78.6 Å². The lowest BCUT2D eigenvalue weighted by atomic mass is 10.1. The zero-order valence-electron chi connectivity index (χ0n) is 19.2. The van der Waals surface area contributed by atoms with E-state index in [0.717, 1.165) is 45.5 Å². The first-order valence-corrected chi connectivity index (χ1v) is 12.1. The summed E-state index contributed by atoms with van der Waals surface area (Å²) in [5.74, 6) is 0. The van der Waals surface area contributed by atoms with Crippen LogP contribution in [0.5, 0.6) is 0 Å². The van der Waals surface area contributed by atoms with E-state index in [2.05, 4.69) is 15.2 Å². The Morgan fingerprint density at radius 1 is 1.06 bits per heavy atom. The van der Waals surface area contributed by atoms with E-state index in [4.69, 9.17) is 9.72 Å². The summed E-state index contributed by atoms with van der Waals surface area (Å²) >= 11 is 1.58. The largest absolute Gasteiger partial charge is 0.378 e. The van der Waals surface area contributed by atoms with Gasteiger partial charge >= 0.3 is 6.03 Å². The average molecular weight is 488 g/mol. The van der Waals surface area contributed by atoms with Crippen molar-refractivity contribution in [2.45, 2.75) is 6.92 Å². The van der Waals surface area contributed by atoms with Crippen LogP contribution in [0.3, 0.4) is 0 Å². The van der Waals surface area contributed by atoms with Gasteiger partial charge < -0.3 is 15.0 Å². The molecule has 1 fully saturated rings. The molecule has 1 aliphatic rings. The maximum absolute atomic E-state index is 12.7. The first-order valence-electron chi connectivity index (χ1n) is 11.3. The van der Waals surface area contributed by atoms with E-state index < -0.39 is 6.03 Å². The van der Waals surface area contributed by atoms with Gasteiger partial charge in [0.15, 0.2) is 5.13 Å². The number of carbonyl (C=O) groups is 1. The molecule has 9 heteroatoms. The van der Waals surface area contributed by atoms with E-state index in [9.17, 15) is 10.0 Å². The quantitative estimate of drug-likeness (QED) is 0.288. The van der Waals surface area contributed by atoms with E-state index >= 15 is 0 Å². The molecule has 1 aliphatic heterocycles. The molecule has 2 aromatic heterocycles. The minimum absolute atomic E-state index is 0.356. The Morgan fingerprint density at radius 3 is 2.54 bits per heavy atom. The van der Waals surface area contributed by atoms with Crippen molar-refractivity contribution < 1.29 is 14.7 Å². The van der Waals surface area contributed by atoms with Crippen LogP contribution in [0.25, 0.3) is 21.7 Å². The highest BCUT2D eigenvalue weighted by Gasteiger charge is 2.22. The van der Waals surface area contributed by atoms with Crippen molar-refractivity contribution in [2.75, 3.05) is 41.6 Å². The third-order valence-corrected chi connectivity index (χ3v) is 6.86. The van der Waals surface area contributed by atoms with Gasteiger partial charge in [-0.05, 0) is 48.9 Å². The topological polar surface area (TPSA) is 90.8 Å². The van der Waals surface area contributed by atoms with Crippen LogP contribution in [0.1, 0.15) is 5.56 Å². The number of morpholine rings is 1. The Kier molecular flexibility index (Phi) is 6.71. The number of hydroxylamine groups is 1. The molecular weight excluding hydrogens is 462 g/mol. The lowest BCUT2D eigenvalue weighted by Crippen LogP contribution is -2.36. The summed E-state index contributed by atoms with van der Waals surface area (Å²) in [7, 11) is 0. The molecule has 5 rings (SSSR count). The Morgan fingerprint density at radius 2 is 1.80 bits per heavy atom. The van der Waals surface area contributed by atoms with Crippen LogP contribution in [-0.2, 0) is 4.74 Å². The van der Waals surface area contributed by atoms with Crippen LogP contribution in [0, 0.1) is 6.92 Å². The second-order valence-corrected chi connectivity index (χ2v) is 9.15. The molecule has 4 aromatic rings. The summed E-state index contributed by atoms with van der Waals surface area (Å²) < 4.78 is 5.50. The molecule has 0 unspecified atom stereocenters. The fraction of sp³-hybridized carbons (Fsp3) is 0.192. The van der Waals surface area contributed by atoms with Crippen molar-refractivity contribution in [3.8, 4) is 21.7 Å². The second kappa shape index (κ2) is 10.2. The summed E-state index contributed by atoms with van der Waals surface area (Å²) in [6, 6.07) is 17.9. The van der Waals surface area contributed by atoms with Crippen LogP contribution in [0.4, 0.5) is 21.3 Å². The van der Waals surface area contributed by atoms with Crippen molar-refractivity contribution >= 4 is 33.9 Å². The van der Waals surface area contributed by atoms with E-state index in [1.165, 1.54) is 0 Å². The number of aromatic nitrogens is 2. The first kappa shape index (κ1) is 23.0. The summed E-state index contributed by atoms with van der Waals surface area (Å²) in [5.41, 5.74) is 4.69. The number of hydrogen-bond donors (Lipinski definition) is 2. The van der Waals surface area contributed by atoms with Crippen LogP contribution < -0.4 is 15.3 Å². The number of aryl methyl sites for hydroxylation is 1. The molecule has 2 N–H and O–H groups in total. The van der Waals surface area contributed by atoms with E-state index in [-0.39, 0.29) is 0 Å². The molecule has 35 heavy (non-hydrogen) atoms. The minimum Gasteiger partial charge on any atom is -0.378 e. The summed E-state index contributed by atoms with van der Waals surface area (Å²) in [6.45, 7) is 4.88. The predicted octanol–water partition coefficient (Wildman–Crippen LogP) is 5.44. The number of anilines is 3. The number of benzene rings is 2. The Labute approximate surface area is 207 Å². The third kappa shape index (κ3) is 5.17. The van der Waals surface area contributed by atoms with Gasteiger partial charge in [0, 0.05) is 36.7 Å². The van der Waals surface area contributed by atoms with Gasteiger partial charge in [-0.25, -0.2) is 9.78 Å². The standard InChI is InChI=1S/C26H25N5O3S/c1-18-5-7-21(8-6-18)28-25(32)31(33)22-4-2-3-20(17-22)24-23(19-9-11-27-12-10-19)29-26(35-24)30-13-15-34-16-14-30/h2-12,17,33H,13-16H2,1H3,(H,28,32). The maximum atomic E-state index is 12.7. The number of amides is 2.